The first-order chi connectivity index (χ1) is 12.1. The molecule has 1 aliphatic rings. The summed E-state index contributed by atoms with van der Waals surface area (Å²) in [6, 6.07) is 7.61. The molecule has 1 aromatic carbocycles. The Hall–Kier alpha value is -2.54. The highest BCUT2D eigenvalue weighted by atomic mass is 32.1. The maximum Gasteiger partial charge on any atom is 0.328 e. The van der Waals surface area contributed by atoms with Crippen LogP contribution >= 0.6 is 11.3 Å². The lowest BCUT2D eigenvalue weighted by Crippen LogP contribution is -2.21. The van der Waals surface area contributed by atoms with Gasteiger partial charge in [0.2, 0.25) is 0 Å². The fourth-order valence-electron chi connectivity index (χ4n) is 3.45. The van der Waals surface area contributed by atoms with Crippen molar-refractivity contribution in [1.29, 1.82) is 0 Å². The van der Waals surface area contributed by atoms with E-state index in [-0.39, 0.29) is 11.6 Å². The lowest BCUT2D eigenvalue weighted by atomic mass is 10.2. The second-order valence-corrected chi connectivity index (χ2v) is 7.33. The number of nitrogens with zero attached hydrogens (tertiary/aromatic N) is 3. The lowest BCUT2D eigenvalue weighted by molar-refractivity contribution is 0.103. The van der Waals surface area contributed by atoms with E-state index in [0.29, 0.717) is 4.88 Å². The number of thiophene rings is 1. The largest absolute Gasteiger partial charge is 0.370 e. The Morgan fingerprint density at radius 3 is 2.44 bits per heavy atom. The van der Waals surface area contributed by atoms with Crippen molar-refractivity contribution in [1.82, 2.24) is 9.13 Å². The van der Waals surface area contributed by atoms with Crippen molar-refractivity contribution < 1.29 is 4.79 Å². The highest BCUT2D eigenvalue weighted by Gasteiger charge is 2.21. The van der Waals surface area contributed by atoms with Gasteiger partial charge < -0.3 is 10.2 Å². The van der Waals surface area contributed by atoms with Crippen LogP contribution in [0.1, 0.15) is 22.5 Å². The number of hydrogen-bond donors (Lipinski definition) is 1. The molecule has 0 bridgehead atoms. The van der Waals surface area contributed by atoms with Crippen LogP contribution in [0.3, 0.4) is 0 Å². The molecule has 0 unspecified atom stereocenters. The number of amides is 1. The second kappa shape index (κ2) is 6.07. The van der Waals surface area contributed by atoms with Crippen molar-refractivity contribution in [2.24, 2.45) is 14.1 Å². The third-order valence-corrected chi connectivity index (χ3v) is 5.70. The van der Waals surface area contributed by atoms with Gasteiger partial charge in [-0.25, -0.2) is 4.79 Å². The molecule has 0 saturated carbocycles. The molecular weight excluding hydrogens is 336 g/mol. The van der Waals surface area contributed by atoms with Crippen LogP contribution in [0.15, 0.2) is 34.4 Å². The summed E-state index contributed by atoms with van der Waals surface area (Å²) in [7, 11) is 3.54. The van der Waals surface area contributed by atoms with E-state index in [9.17, 15) is 9.59 Å². The topological polar surface area (TPSA) is 59.3 Å². The molecule has 1 aliphatic heterocycles. The Balaban J connectivity index is 1.85. The van der Waals surface area contributed by atoms with Crippen LogP contribution in [-0.4, -0.2) is 28.1 Å². The van der Waals surface area contributed by atoms with Crippen molar-refractivity contribution >= 4 is 39.7 Å². The van der Waals surface area contributed by atoms with Gasteiger partial charge in [-0.2, -0.15) is 0 Å². The SMILES string of the molecule is Cn1c(=O)n(C)c2cc(N3CCCC3)c(NC(=O)c3cccs3)cc21. The smallest absolute Gasteiger partial charge is 0.328 e. The predicted octanol–water partition coefficient (Wildman–Crippen LogP) is 2.79. The number of anilines is 2. The van der Waals surface area contributed by atoms with Gasteiger partial charge in [-0.1, -0.05) is 6.07 Å². The van der Waals surface area contributed by atoms with Crippen LogP contribution in [0, 0.1) is 0 Å². The van der Waals surface area contributed by atoms with Crippen molar-refractivity contribution in [2.45, 2.75) is 12.8 Å². The Kier molecular flexibility index (Phi) is 3.88. The summed E-state index contributed by atoms with van der Waals surface area (Å²) in [4.78, 5) is 27.8. The van der Waals surface area contributed by atoms with Crippen LogP contribution in [0.4, 0.5) is 11.4 Å². The van der Waals surface area contributed by atoms with Gasteiger partial charge in [0.15, 0.2) is 0 Å². The van der Waals surface area contributed by atoms with E-state index in [1.54, 1.807) is 23.2 Å². The monoisotopic (exact) mass is 356 g/mol. The first-order valence-corrected chi connectivity index (χ1v) is 9.23. The second-order valence-electron chi connectivity index (χ2n) is 6.38. The van der Waals surface area contributed by atoms with E-state index in [1.807, 2.05) is 29.6 Å². The molecule has 6 nitrogen and oxygen atoms in total. The minimum Gasteiger partial charge on any atom is -0.370 e. The van der Waals surface area contributed by atoms with Crippen molar-refractivity contribution in [3.05, 3.63) is 45.0 Å². The molecule has 130 valence electrons. The highest BCUT2D eigenvalue weighted by Crippen LogP contribution is 2.33. The molecule has 4 rings (SSSR count). The van der Waals surface area contributed by atoms with Crippen LogP contribution in [-0.2, 0) is 14.1 Å². The molecule has 1 N–H and O–H groups in total. The van der Waals surface area contributed by atoms with E-state index in [0.717, 1.165) is 48.3 Å². The molecule has 3 heterocycles. The summed E-state index contributed by atoms with van der Waals surface area (Å²) in [5, 5.41) is 4.93. The molecule has 1 saturated heterocycles. The average Bonchev–Trinajstić information content (AvgIpc) is 3.35. The number of nitrogens with one attached hydrogen (secondary N) is 1. The minimum absolute atomic E-state index is 0.0656. The molecule has 0 atom stereocenters. The summed E-state index contributed by atoms with van der Waals surface area (Å²) >= 11 is 1.42. The summed E-state index contributed by atoms with van der Waals surface area (Å²) < 4.78 is 3.27. The number of carbonyl (C=O) groups excluding carboxylic acids is 1. The first kappa shape index (κ1) is 16.0. The summed E-state index contributed by atoms with van der Waals surface area (Å²) in [6.45, 7) is 1.93. The molecule has 7 heteroatoms. The number of aromatic nitrogens is 2. The number of imidazole rings is 1. The van der Waals surface area contributed by atoms with Gasteiger partial charge in [-0.3, -0.25) is 13.9 Å². The zero-order chi connectivity index (χ0) is 17.6. The first-order valence-electron chi connectivity index (χ1n) is 8.35. The highest BCUT2D eigenvalue weighted by molar-refractivity contribution is 7.12. The van der Waals surface area contributed by atoms with Gasteiger partial charge >= 0.3 is 5.69 Å². The van der Waals surface area contributed by atoms with Crippen LogP contribution in [0.2, 0.25) is 0 Å². The van der Waals surface area contributed by atoms with Gasteiger partial charge in [-0.05, 0) is 36.4 Å². The zero-order valence-electron chi connectivity index (χ0n) is 14.3. The normalized spacial score (nSPS) is 14.4. The van der Waals surface area contributed by atoms with E-state index in [2.05, 4.69) is 10.2 Å². The van der Waals surface area contributed by atoms with E-state index in [1.165, 1.54) is 11.3 Å². The van der Waals surface area contributed by atoms with Gasteiger partial charge in [-0.15, -0.1) is 11.3 Å². The van der Waals surface area contributed by atoms with Crippen molar-refractivity contribution in [3.8, 4) is 0 Å². The van der Waals surface area contributed by atoms with E-state index >= 15 is 0 Å². The fraction of sp³-hybridized carbons (Fsp3) is 0.333. The zero-order valence-corrected chi connectivity index (χ0v) is 15.1. The summed E-state index contributed by atoms with van der Waals surface area (Å²) in [6.07, 6.45) is 2.29. The molecule has 3 aromatic rings. The minimum atomic E-state index is -0.115. The number of hydrogen-bond acceptors (Lipinski definition) is 4. The summed E-state index contributed by atoms with van der Waals surface area (Å²) in [5.74, 6) is -0.115. The maximum atomic E-state index is 12.5. The van der Waals surface area contributed by atoms with Gasteiger partial charge in [0.1, 0.15) is 0 Å². The number of rotatable bonds is 3. The van der Waals surface area contributed by atoms with Gasteiger partial charge in [0.25, 0.3) is 5.91 Å². The fourth-order valence-corrected chi connectivity index (χ4v) is 4.06. The van der Waals surface area contributed by atoms with E-state index in [4.69, 9.17) is 0 Å². The molecule has 0 radical (unpaired) electrons. The van der Waals surface area contributed by atoms with Crippen LogP contribution in [0.25, 0.3) is 11.0 Å². The molecular formula is C18H20N4O2S. The number of carbonyl (C=O) groups is 1. The quantitative estimate of drug-likeness (QED) is 0.785. The van der Waals surface area contributed by atoms with Crippen LogP contribution in [0.5, 0.6) is 0 Å². The molecule has 1 fully saturated rings. The lowest BCUT2D eigenvalue weighted by Gasteiger charge is -2.22. The van der Waals surface area contributed by atoms with E-state index < -0.39 is 0 Å². The Labute approximate surface area is 149 Å². The van der Waals surface area contributed by atoms with Gasteiger partial charge in [0, 0.05) is 27.2 Å². The molecule has 25 heavy (non-hydrogen) atoms. The van der Waals surface area contributed by atoms with Crippen molar-refractivity contribution in [2.75, 3.05) is 23.3 Å². The molecule has 0 aliphatic carbocycles. The average molecular weight is 356 g/mol. The molecule has 0 spiro atoms. The third-order valence-electron chi connectivity index (χ3n) is 4.83. The maximum absolute atomic E-state index is 12.5. The van der Waals surface area contributed by atoms with Crippen LogP contribution < -0.4 is 15.9 Å². The Bertz CT molecular complexity index is 994. The summed E-state index contributed by atoms with van der Waals surface area (Å²) in [5.41, 5.74) is 3.37. The number of aryl methyl sites for hydroxylation is 2. The molecule has 1 amide bonds. The standard InChI is InChI=1S/C18H20N4O2S/c1-20-14-10-12(19-17(23)16-6-5-9-25-16)13(22-7-3-4-8-22)11-15(14)21(2)18(20)24/h5-6,9-11H,3-4,7-8H2,1-2H3,(H,19,23). The number of benzene rings is 1. The Morgan fingerprint density at radius 1 is 1.12 bits per heavy atom. The molecule has 2 aromatic heterocycles. The number of fused-ring (bicyclic) bond motifs is 1. The van der Waals surface area contributed by atoms with Gasteiger partial charge in [0.05, 0.1) is 27.3 Å². The predicted molar refractivity (Wildman–Crippen MR) is 102 cm³/mol. The van der Waals surface area contributed by atoms with Crippen molar-refractivity contribution in [3.63, 3.8) is 0 Å². The third kappa shape index (κ3) is 2.64. The Morgan fingerprint density at radius 2 is 1.80 bits per heavy atom.